The fourth-order valence-electron chi connectivity index (χ4n) is 3.51. The Kier molecular flexibility index (Phi) is 5.39. The summed E-state index contributed by atoms with van der Waals surface area (Å²) in [6.45, 7) is 4.26. The second-order valence-corrected chi connectivity index (χ2v) is 7.72. The number of hydrogen-bond donors (Lipinski definition) is 0. The van der Waals surface area contributed by atoms with Crippen LogP contribution >= 0.6 is 0 Å². The first-order valence-electron chi connectivity index (χ1n) is 9.95. The normalized spacial score (nSPS) is 10.8. The van der Waals surface area contributed by atoms with E-state index in [1.54, 1.807) is 0 Å². The highest BCUT2D eigenvalue weighted by Gasteiger charge is 2.02. The summed E-state index contributed by atoms with van der Waals surface area (Å²) in [7, 11) is 0. The van der Waals surface area contributed by atoms with Crippen LogP contribution in [0, 0.1) is 13.8 Å². The molecule has 0 aromatic heterocycles. The summed E-state index contributed by atoms with van der Waals surface area (Å²) in [5.74, 6) is 0. The summed E-state index contributed by atoms with van der Waals surface area (Å²) in [5.41, 5.74) is 10.6. The minimum absolute atomic E-state index is 0.982. The van der Waals surface area contributed by atoms with Gasteiger partial charge in [-0.25, -0.2) is 0 Å². The highest BCUT2D eigenvalue weighted by molar-refractivity contribution is 5.64. The summed E-state index contributed by atoms with van der Waals surface area (Å²) in [5, 5.41) is 0. The first-order chi connectivity index (χ1) is 13.7. The van der Waals surface area contributed by atoms with Crippen LogP contribution in [0.4, 0.5) is 0 Å². The van der Waals surface area contributed by atoms with Crippen molar-refractivity contribution in [1.82, 2.24) is 0 Å². The molecule has 0 nitrogen and oxygen atoms in total. The van der Waals surface area contributed by atoms with E-state index in [9.17, 15) is 0 Å². The zero-order valence-corrected chi connectivity index (χ0v) is 16.7. The van der Waals surface area contributed by atoms with Gasteiger partial charge in [0.1, 0.15) is 0 Å². The molecule has 0 aliphatic rings. The SMILES string of the molecule is Cc1ccc(Cc2ccc(-c3ccc(Cc4ccc(C)cc4)cc3)cc2)cc1. The van der Waals surface area contributed by atoms with Gasteiger partial charge < -0.3 is 0 Å². The van der Waals surface area contributed by atoms with Gasteiger partial charge in [0.05, 0.1) is 0 Å². The van der Waals surface area contributed by atoms with E-state index in [1.807, 2.05) is 0 Å². The number of hydrogen-bond acceptors (Lipinski definition) is 0. The maximum Gasteiger partial charge on any atom is -0.00258 e. The van der Waals surface area contributed by atoms with E-state index in [0.29, 0.717) is 0 Å². The minimum atomic E-state index is 0.982. The Morgan fingerprint density at radius 1 is 0.357 bits per heavy atom. The van der Waals surface area contributed by atoms with Crippen LogP contribution in [0.2, 0.25) is 0 Å². The molecule has 0 aliphatic carbocycles. The Labute approximate surface area is 168 Å². The van der Waals surface area contributed by atoms with E-state index in [-0.39, 0.29) is 0 Å². The van der Waals surface area contributed by atoms with Gasteiger partial charge in [-0.2, -0.15) is 0 Å². The van der Waals surface area contributed by atoms with Crippen LogP contribution < -0.4 is 0 Å². The Morgan fingerprint density at radius 2 is 0.607 bits per heavy atom. The molecule has 0 heterocycles. The van der Waals surface area contributed by atoms with Crippen LogP contribution in [-0.2, 0) is 12.8 Å². The van der Waals surface area contributed by atoms with Gasteiger partial charge in [0.25, 0.3) is 0 Å². The smallest absolute Gasteiger partial charge is 0.00258 e. The van der Waals surface area contributed by atoms with Crippen molar-refractivity contribution in [3.05, 3.63) is 130 Å². The molecule has 4 aromatic rings. The van der Waals surface area contributed by atoms with Gasteiger partial charge in [0.2, 0.25) is 0 Å². The van der Waals surface area contributed by atoms with Crippen LogP contribution in [-0.4, -0.2) is 0 Å². The van der Waals surface area contributed by atoms with Crippen molar-refractivity contribution >= 4 is 0 Å². The fourth-order valence-corrected chi connectivity index (χ4v) is 3.51. The number of benzene rings is 4. The molecule has 0 amide bonds. The van der Waals surface area contributed by atoms with Gasteiger partial charge in [-0.15, -0.1) is 0 Å². The third kappa shape index (κ3) is 4.58. The summed E-state index contributed by atoms with van der Waals surface area (Å²) < 4.78 is 0. The van der Waals surface area contributed by atoms with E-state index < -0.39 is 0 Å². The molecule has 0 saturated carbocycles. The van der Waals surface area contributed by atoms with Gasteiger partial charge in [0.15, 0.2) is 0 Å². The van der Waals surface area contributed by atoms with Gasteiger partial charge in [0, 0.05) is 0 Å². The number of rotatable bonds is 5. The van der Waals surface area contributed by atoms with Crippen molar-refractivity contribution in [2.75, 3.05) is 0 Å². The Morgan fingerprint density at radius 3 is 0.893 bits per heavy atom. The molecule has 0 N–H and O–H groups in total. The molecule has 0 aliphatic heterocycles. The quantitative estimate of drug-likeness (QED) is 0.353. The van der Waals surface area contributed by atoms with Gasteiger partial charge >= 0.3 is 0 Å². The molecule has 0 radical (unpaired) electrons. The summed E-state index contributed by atoms with van der Waals surface area (Å²) in [6, 6.07) is 35.5. The molecule has 0 bridgehead atoms. The van der Waals surface area contributed by atoms with Crippen molar-refractivity contribution in [2.45, 2.75) is 26.7 Å². The van der Waals surface area contributed by atoms with Crippen LogP contribution in [0.15, 0.2) is 97.1 Å². The number of aryl methyl sites for hydroxylation is 2. The predicted molar refractivity (Wildman–Crippen MR) is 120 cm³/mol. The lowest BCUT2D eigenvalue weighted by atomic mass is 9.98. The monoisotopic (exact) mass is 362 g/mol. The highest BCUT2D eigenvalue weighted by atomic mass is 14.1. The topological polar surface area (TPSA) is 0 Å². The fraction of sp³-hybridized carbons (Fsp3) is 0.143. The average molecular weight is 363 g/mol. The predicted octanol–water partition coefficient (Wildman–Crippen LogP) is 7.15. The molecule has 138 valence electrons. The van der Waals surface area contributed by atoms with Crippen molar-refractivity contribution < 1.29 is 0 Å². The molecule has 28 heavy (non-hydrogen) atoms. The second-order valence-electron chi connectivity index (χ2n) is 7.72. The third-order valence-corrected chi connectivity index (χ3v) is 5.30. The van der Waals surface area contributed by atoms with Crippen molar-refractivity contribution in [3.63, 3.8) is 0 Å². The van der Waals surface area contributed by atoms with Crippen LogP contribution in [0.5, 0.6) is 0 Å². The molecular weight excluding hydrogens is 336 g/mol. The lowest BCUT2D eigenvalue weighted by molar-refractivity contribution is 1.18. The van der Waals surface area contributed by atoms with Gasteiger partial charge in [-0.3, -0.25) is 0 Å². The maximum absolute atomic E-state index is 2.25. The molecule has 0 unspecified atom stereocenters. The Hall–Kier alpha value is -3.12. The first kappa shape index (κ1) is 18.3. The molecule has 0 atom stereocenters. The van der Waals surface area contributed by atoms with Gasteiger partial charge in [-0.05, 0) is 60.1 Å². The molecular formula is C28H26. The van der Waals surface area contributed by atoms with Crippen molar-refractivity contribution in [2.24, 2.45) is 0 Å². The molecule has 0 heteroatoms. The van der Waals surface area contributed by atoms with Crippen molar-refractivity contribution in [1.29, 1.82) is 0 Å². The van der Waals surface area contributed by atoms with E-state index in [4.69, 9.17) is 0 Å². The average Bonchev–Trinajstić information content (AvgIpc) is 2.73. The zero-order chi connectivity index (χ0) is 19.3. The van der Waals surface area contributed by atoms with E-state index in [2.05, 4.69) is 111 Å². The van der Waals surface area contributed by atoms with Crippen LogP contribution in [0.25, 0.3) is 11.1 Å². The molecule has 4 aromatic carbocycles. The minimum Gasteiger partial charge on any atom is -0.0590 e. The summed E-state index contributed by atoms with van der Waals surface area (Å²) in [6.07, 6.45) is 1.96. The largest absolute Gasteiger partial charge is 0.0590 e. The van der Waals surface area contributed by atoms with E-state index in [1.165, 1.54) is 44.5 Å². The highest BCUT2D eigenvalue weighted by Crippen LogP contribution is 2.22. The Balaban J connectivity index is 1.43. The second kappa shape index (κ2) is 8.27. The molecule has 4 rings (SSSR count). The third-order valence-electron chi connectivity index (χ3n) is 5.30. The zero-order valence-electron chi connectivity index (χ0n) is 16.7. The lowest BCUT2D eigenvalue weighted by Crippen LogP contribution is -1.90. The lowest BCUT2D eigenvalue weighted by Gasteiger charge is -2.07. The summed E-state index contributed by atoms with van der Waals surface area (Å²) in [4.78, 5) is 0. The van der Waals surface area contributed by atoms with Crippen molar-refractivity contribution in [3.8, 4) is 11.1 Å². The summed E-state index contributed by atoms with van der Waals surface area (Å²) >= 11 is 0. The molecule has 0 spiro atoms. The Bertz CT molecular complexity index is 930. The maximum atomic E-state index is 2.25. The van der Waals surface area contributed by atoms with E-state index in [0.717, 1.165) is 12.8 Å². The molecule has 0 saturated heterocycles. The standard InChI is InChI=1S/C28H26/c1-21-3-7-23(8-4-21)19-25-11-15-27(16-12-25)28-17-13-26(14-18-28)20-24-9-5-22(2)6-10-24/h3-18H,19-20H2,1-2H3. The van der Waals surface area contributed by atoms with Crippen LogP contribution in [0.3, 0.4) is 0 Å². The van der Waals surface area contributed by atoms with Crippen LogP contribution in [0.1, 0.15) is 33.4 Å². The molecule has 0 fully saturated rings. The first-order valence-corrected chi connectivity index (χ1v) is 9.95. The van der Waals surface area contributed by atoms with E-state index >= 15 is 0 Å². The van der Waals surface area contributed by atoms with Gasteiger partial charge in [-0.1, -0.05) is 108 Å².